The first kappa shape index (κ1) is 13.7. The van der Waals surface area contributed by atoms with Crippen LogP contribution in [0.3, 0.4) is 0 Å². The summed E-state index contributed by atoms with van der Waals surface area (Å²) in [5.74, 6) is 3.03. The second-order valence-electron chi connectivity index (χ2n) is 6.60. The Hall–Kier alpha value is 0.270. The molecule has 0 amide bonds. The predicted molar refractivity (Wildman–Crippen MR) is 75.5 cm³/mol. The summed E-state index contributed by atoms with van der Waals surface area (Å²) in [5, 5.41) is 13.7. The van der Waals surface area contributed by atoms with Gasteiger partial charge in [0.25, 0.3) is 0 Å². The predicted octanol–water partition coefficient (Wildman–Crippen LogP) is 2.66. The maximum absolute atomic E-state index is 9.96. The third-order valence-electron chi connectivity index (χ3n) is 4.15. The minimum absolute atomic E-state index is 0.0551. The van der Waals surface area contributed by atoms with Crippen LogP contribution in [0.15, 0.2) is 0 Å². The van der Waals surface area contributed by atoms with E-state index in [1.807, 2.05) is 0 Å². The molecule has 2 fully saturated rings. The van der Waals surface area contributed by atoms with E-state index < -0.39 is 0 Å². The molecule has 1 aliphatic heterocycles. The van der Waals surface area contributed by atoms with Gasteiger partial charge < -0.3 is 10.4 Å². The quantitative estimate of drug-likeness (QED) is 0.815. The summed E-state index contributed by atoms with van der Waals surface area (Å²) < 4.78 is 0. The number of thioether (sulfide) groups is 1. The lowest BCUT2D eigenvalue weighted by atomic mass is 9.85. The zero-order chi connectivity index (χ0) is 12.3. The molecule has 0 aromatic heterocycles. The van der Waals surface area contributed by atoms with Gasteiger partial charge in [-0.3, -0.25) is 0 Å². The molecule has 2 N–H and O–H groups in total. The van der Waals surface area contributed by atoms with Crippen LogP contribution >= 0.6 is 11.8 Å². The average Bonchev–Trinajstić information content (AvgIpc) is 2.27. The molecule has 0 aromatic carbocycles. The maximum Gasteiger partial charge on any atom is 0.0580 e. The number of aliphatic hydroxyl groups excluding tert-OH is 1. The lowest BCUT2D eigenvalue weighted by molar-refractivity contribution is 0.0676. The lowest BCUT2D eigenvalue weighted by Crippen LogP contribution is -2.44. The monoisotopic (exact) mass is 257 g/mol. The summed E-state index contributed by atoms with van der Waals surface area (Å²) >= 11 is 2.07. The van der Waals surface area contributed by atoms with E-state index in [9.17, 15) is 5.11 Å². The largest absolute Gasteiger partial charge is 0.393 e. The van der Waals surface area contributed by atoms with Gasteiger partial charge in [0.05, 0.1) is 6.10 Å². The highest BCUT2D eigenvalue weighted by molar-refractivity contribution is 7.99. The minimum Gasteiger partial charge on any atom is -0.393 e. The van der Waals surface area contributed by atoms with E-state index in [-0.39, 0.29) is 6.10 Å². The van der Waals surface area contributed by atoms with Crippen LogP contribution in [0.25, 0.3) is 0 Å². The highest BCUT2D eigenvalue weighted by atomic mass is 32.2. The van der Waals surface area contributed by atoms with Crippen molar-refractivity contribution in [2.75, 3.05) is 18.1 Å². The molecule has 0 aromatic rings. The van der Waals surface area contributed by atoms with Crippen molar-refractivity contribution in [3.05, 3.63) is 0 Å². The van der Waals surface area contributed by atoms with Gasteiger partial charge in [0.15, 0.2) is 0 Å². The van der Waals surface area contributed by atoms with Gasteiger partial charge in [0.2, 0.25) is 0 Å². The number of hydrogen-bond donors (Lipinski definition) is 2. The van der Waals surface area contributed by atoms with Crippen LogP contribution in [0, 0.1) is 11.3 Å². The van der Waals surface area contributed by atoms with Crippen LogP contribution in [-0.4, -0.2) is 35.3 Å². The smallest absolute Gasteiger partial charge is 0.0580 e. The molecule has 0 radical (unpaired) electrons. The topological polar surface area (TPSA) is 32.3 Å². The zero-order valence-corrected chi connectivity index (χ0v) is 12.1. The minimum atomic E-state index is -0.0551. The Morgan fingerprint density at radius 2 is 2.06 bits per heavy atom. The summed E-state index contributed by atoms with van der Waals surface area (Å²) in [6.45, 7) is 5.75. The lowest BCUT2D eigenvalue weighted by Gasteiger charge is -2.37. The highest BCUT2D eigenvalue weighted by Gasteiger charge is 2.29. The molecule has 1 saturated heterocycles. The van der Waals surface area contributed by atoms with Crippen molar-refractivity contribution < 1.29 is 5.11 Å². The molecule has 1 saturated carbocycles. The third-order valence-corrected chi connectivity index (χ3v) is 5.77. The van der Waals surface area contributed by atoms with E-state index in [0.29, 0.717) is 17.4 Å². The fourth-order valence-electron chi connectivity index (χ4n) is 3.14. The summed E-state index contributed by atoms with van der Waals surface area (Å²) in [5.41, 5.74) is 0.478. The van der Waals surface area contributed by atoms with Gasteiger partial charge in [-0.05, 0) is 36.3 Å². The molecule has 2 nitrogen and oxygen atoms in total. The molecule has 3 unspecified atom stereocenters. The average molecular weight is 257 g/mol. The Morgan fingerprint density at radius 3 is 2.76 bits per heavy atom. The Labute approximate surface area is 110 Å². The van der Waals surface area contributed by atoms with E-state index in [2.05, 4.69) is 30.9 Å². The van der Waals surface area contributed by atoms with Gasteiger partial charge in [-0.15, -0.1) is 0 Å². The summed E-state index contributed by atoms with van der Waals surface area (Å²) in [4.78, 5) is 0. The molecule has 1 aliphatic carbocycles. The van der Waals surface area contributed by atoms with Crippen molar-refractivity contribution in [1.82, 2.24) is 5.32 Å². The SMILES string of the molecule is CC1(C)CSCC(NCC2CCCCC2O)C1. The first-order chi connectivity index (χ1) is 8.07. The third kappa shape index (κ3) is 4.15. The van der Waals surface area contributed by atoms with Crippen LogP contribution < -0.4 is 5.32 Å². The fraction of sp³-hybridized carbons (Fsp3) is 1.00. The van der Waals surface area contributed by atoms with Crippen molar-refractivity contribution in [2.45, 2.75) is 58.1 Å². The standard InChI is InChI=1S/C14H27NOS/c1-14(2)7-12(9-17-10-14)15-8-11-5-3-4-6-13(11)16/h11-13,15-16H,3-10H2,1-2H3. The Bertz CT molecular complexity index is 244. The van der Waals surface area contributed by atoms with Crippen LogP contribution in [0.4, 0.5) is 0 Å². The molecular weight excluding hydrogens is 230 g/mol. The van der Waals surface area contributed by atoms with Crippen molar-refractivity contribution >= 4 is 11.8 Å². The molecule has 2 aliphatic rings. The van der Waals surface area contributed by atoms with Gasteiger partial charge in [0.1, 0.15) is 0 Å². The van der Waals surface area contributed by atoms with Crippen LogP contribution in [0.5, 0.6) is 0 Å². The Morgan fingerprint density at radius 1 is 1.29 bits per heavy atom. The molecule has 0 spiro atoms. The summed E-state index contributed by atoms with van der Waals surface area (Å²) in [6.07, 6.45) is 5.95. The van der Waals surface area contributed by atoms with Gasteiger partial charge in [-0.1, -0.05) is 26.7 Å². The van der Waals surface area contributed by atoms with Crippen molar-refractivity contribution in [2.24, 2.45) is 11.3 Å². The van der Waals surface area contributed by atoms with Crippen molar-refractivity contribution in [1.29, 1.82) is 0 Å². The second kappa shape index (κ2) is 5.94. The van der Waals surface area contributed by atoms with Gasteiger partial charge in [0, 0.05) is 18.3 Å². The van der Waals surface area contributed by atoms with Crippen LogP contribution in [-0.2, 0) is 0 Å². The summed E-state index contributed by atoms with van der Waals surface area (Å²) in [6, 6.07) is 0.651. The van der Waals surface area contributed by atoms with E-state index in [1.165, 1.54) is 37.2 Å². The second-order valence-corrected chi connectivity index (χ2v) is 7.63. The highest BCUT2D eigenvalue weighted by Crippen LogP contribution is 2.33. The number of hydrogen-bond acceptors (Lipinski definition) is 3. The molecule has 3 heteroatoms. The van der Waals surface area contributed by atoms with E-state index in [0.717, 1.165) is 13.0 Å². The molecule has 1 heterocycles. The maximum atomic E-state index is 9.96. The zero-order valence-electron chi connectivity index (χ0n) is 11.2. The number of aliphatic hydroxyl groups is 1. The van der Waals surface area contributed by atoms with Gasteiger partial charge >= 0.3 is 0 Å². The van der Waals surface area contributed by atoms with E-state index >= 15 is 0 Å². The first-order valence-corrected chi connectivity index (χ1v) is 8.21. The summed E-state index contributed by atoms with van der Waals surface area (Å²) in [7, 11) is 0. The Balaban J connectivity index is 1.73. The first-order valence-electron chi connectivity index (χ1n) is 7.06. The van der Waals surface area contributed by atoms with Crippen LogP contribution in [0.2, 0.25) is 0 Å². The van der Waals surface area contributed by atoms with Gasteiger partial charge in [-0.2, -0.15) is 11.8 Å². The number of nitrogens with one attached hydrogen (secondary N) is 1. The van der Waals surface area contributed by atoms with Crippen LogP contribution in [0.1, 0.15) is 46.0 Å². The molecule has 2 rings (SSSR count). The molecule has 17 heavy (non-hydrogen) atoms. The molecule has 3 atom stereocenters. The Kier molecular flexibility index (Phi) is 4.79. The van der Waals surface area contributed by atoms with E-state index in [1.54, 1.807) is 0 Å². The van der Waals surface area contributed by atoms with Crippen molar-refractivity contribution in [3.63, 3.8) is 0 Å². The number of rotatable bonds is 3. The van der Waals surface area contributed by atoms with Gasteiger partial charge in [-0.25, -0.2) is 0 Å². The van der Waals surface area contributed by atoms with E-state index in [4.69, 9.17) is 0 Å². The van der Waals surface area contributed by atoms with Crippen molar-refractivity contribution in [3.8, 4) is 0 Å². The normalized spacial score (nSPS) is 37.9. The molecule has 100 valence electrons. The fourth-order valence-corrected chi connectivity index (χ4v) is 4.45. The molecular formula is C14H27NOS. The molecule has 0 bridgehead atoms.